The van der Waals surface area contributed by atoms with E-state index in [1.165, 1.54) is 0 Å². The normalized spacial score (nSPS) is 14.4. The second-order valence-electron chi connectivity index (χ2n) is 8.93. The van der Waals surface area contributed by atoms with Crippen LogP contribution in [-0.4, -0.2) is 78.0 Å². The minimum absolute atomic E-state index is 0.0704. The predicted molar refractivity (Wildman–Crippen MR) is 136 cm³/mol. The number of rotatable bonds is 4. The molecule has 2 aromatic heterocycles. The van der Waals surface area contributed by atoms with Crippen LogP contribution in [0.4, 0.5) is 5.82 Å². The molecule has 0 aliphatic carbocycles. The lowest BCUT2D eigenvalue weighted by atomic mass is 10.00. The summed E-state index contributed by atoms with van der Waals surface area (Å²) in [6, 6.07) is 18.0. The van der Waals surface area contributed by atoms with Crippen LogP contribution in [-0.2, 0) is 0 Å². The third kappa shape index (κ3) is 4.34. The molecule has 172 valence electrons. The third-order valence-electron chi connectivity index (χ3n) is 6.35. The van der Waals surface area contributed by atoms with Gasteiger partial charge in [0, 0.05) is 68.5 Å². The van der Waals surface area contributed by atoms with Gasteiger partial charge in [-0.3, -0.25) is 4.79 Å². The number of pyridine rings is 1. The van der Waals surface area contributed by atoms with Gasteiger partial charge in [0.1, 0.15) is 12.1 Å². The number of carbonyl (C=O) groups excluding carboxylic acids is 1. The predicted octanol–water partition coefficient (Wildman–Crippen LogP) is 3.81. The lowest BCUT2D eigenvalue weighted by Gasteiger charge is -2.32. The highest BCUT2D eigenvalue weighted by Gasteiger charge is 2.21. The fraction of sp³-hybridized carbons (Fsp3) is 0.259. The van der Waals surface area contributed by atoms with Crippen LogP contribution in [0.1, 0.15) is 10.4 Å². The van der Waals surface area contributed by atoms with Crippen molar-refractivity contribution in [2.24, 2.45) is 0 Å². The Balaban J connectivity index is 1.51. The maximum absolute atomic E-state index is 13.1. The zero-order chi connectivity index (χ0) is 23.7. The average Bonchev–Trinajstić information content (AvgIpc) is 2.88. The highest BCUT2D eigenvalue weighted by molar-refractivity contribution is 5.98. The topological polar surface area (TPSA) is 65.5 Å². The van der Waals surface area contributed by atoms with Crippen LogP contribution >= 0.6 is 0 Å². The van der Waals surface area contributed by atoms with E-state index in [1.807, 2.05) is 66.5 Å². The number of benzene rings is 2. The minimum atomic E-state index is 0.0704. The summed E-state index contributed by atoms with van der Waals surface area (Å²) in [6.07, 6.45) is 3.47. The van der Waals surface area contributed by atoms with E-state index < -0.39 is 0 Å². The Labute approximate surface area is 199 Å². The highest BCUT2D eigenvalue weighted by atomic mass is 16.2. The van der Waals surface area contributed by atoms with Crippen molar-refractivity contribution in [2.75, 3.05) is 52.2 Å². The lowest BCUT2D eigenvalue weighted by molar-refractivity contribution is 0.0664. The fourth-order valence-corrected chi connectivity index (χ4v) is 4.28. The SMILES string of the molecule is CN1CCN(C(=O)c2cccc(-c3ncnc4ccc(-c5ccc(N(C)C)nc5)cc34)c2)CC1. The minimum Gasteiger partial charge on any atom is -0.363 e. The smallest absolute Gasteiger partial charge is 0.253 e. The molecule has 0 saturated carbocycles. The van der Waals surface area contributed by atoms with Crippen LogP contribution in [0.3, 0.4) is 0 Å². The first kappa shape index (κ1) is 22.0. The molecule has 34 heavy (non-hydrogen) atoms. The molecule has 1 aliphatic rings. The molecule has 0 atom stereocenters. The second-order valence-corrected chi connectivity index (χ2v) is 8.93. The zero-order valence-electron chi connectivity index (χ0n) is 19.8. The van der Waals surface area contributed by atoms with Gasteiger partial charge in [-0.1, -0.05) is 18.2 Å². The first-order chi connectivity index (χ1) is 16.5. The van der Waals surface area contributed by atoms with Crippen molar-refractivity contribution in [1.29, 1.82) is 0 Å². The van der Waals surface area contributed by atoms with Gasteiger partial charge in [0.25, 0.3) is 5.91 Å². The van der Waals surface area contributed by atoms with Gasteiger partial charge in [0.05, 0.1) is 11.2 Å². The van der Waals surface area contributed by atoms with Gasteiger partial charge in [-0.25, -0.2) is 15.0 Å². The van der Waals surface area contributed by atoms with Crippen molar-refractivity contribution < 1.29 is 4.79 Å². The number of fused-ring (bicyclic) bond motifs is 1. The molecule has 2 aromatic carbocycles. The summed E-state index contributed by atoms with van der Waals surface area (Å²) in [5, 5.41) is 0.945. The summed E-state index contributed by atoms with van der Waals surface area (Å²) in [5.41, 5.74) is 5.35. The molecule has 1 fully saturated rings. The number of anilines is 1. The van der Waals surface area contributed by atoms with Crippen molar-refractivity contribution in [3.8, 4) is 22.4 Å². The molecule has 3 heterocycles. The van der Waals surface area contributed by atoms with Gasteiger partial charge in [-0.2, -0.15) is 0 Å². The number of likely N-dealkylation sites (N-methyl/N-ethyl adjacent to an activating group) is 1. The molecular formula is C27H28N6O. The van der Waals surface area contributed by atoms with E-state index >= 15 is 0 Å². The molecular weight excluding hydrogens is 424 g/mol. The van der Waals surface area contributed by atoms with E-state index in [4.69, 9.17) is 0 Å². The number of piperazine rings is 1. The average molecular weight is 453 g/mol. The Morgan fingerprint density at radius 2 is 1.65 bits per heavy atom. The molecule has 0 unspecified atom stereocenters. The summed E-state index contributed by atoms with van der Waals surface area (Å²) in [4.78, 5) is 32.9. The van der Waals surface area contributed by atoms with Crippen LogP contribution < -0.4 is 4.90 Å². The van der Waals surface area contributed by atoms with E-state index in [0.29, 0.717) is 5.56 Å². The molecule has 0 bridgehead atoms. The van der Waals surface area contributed by atoms with E-state index in [2.05, 4.69) is 45.1 Å². The quantitative estimate of drug-likeness (QED) is 0.469. The molecule has 4 aromatic rings. The van der Waals surface area contributed by atoms with E-state index in [0.717, 1.165) is 65.3 Å². The second kappa shape index (κ2) is 9.19. The van der Waals surface area contributed by atoms with Crippen molar-refractivity contribution in [2.45, 2.75) is 0 Å². The van der Waals surface area contributed by atoms with Gasteiger partial charge >= 0.3 is 0 Å². The fourth-order valence-electron chi connectivity index (χ4n) is 4.28. The molecule has 5 rings (SSSR count). The molecule has 1 amide bonds. The maximum Gasteiger partial charge on any atom is 0.253 e. The van der Waals surface area contributed by atoms with Gasteiger partial charge in [0.2, 0.25) is 0 Å². The first-order valence-electron chi connectivity index (χ1n) is 11.5. The molecule has 0 N–H and O–H groups in total. The summed E-state index contributed by atoms with van der Waals surface area (Å²) >= 11 is 0. The number of carbonyl (C=O) groups is 1. The van der Waals surface area contributed by atoms with Gasteiger partial charge in [-0.15, -0.1) is 0 Å². The number of amides is 1. The Morgan fingerprint density at radius 1 is 0.853 bits per heavy atom. The van der Waals surface area contributed by atoms with Crippen LogP contribution in [0.5, 0.6) is 0 Å². The lowest BCUT2D eigenvalue weighted by Crippen LogP contribution is -2.47. The molecule has 7 nitrogen and oxygen atoms in total. The molecule has 1 saturated heterocycles. The van der Waals surface area contributed by atoms with E-state index in [9.17, 15) is 4.79 Å². The van der Waals surface area contributed by atoms with E-state index in [-0.39, 0.29) is 5.91 Å². The number of nitrogens with zero attached hydrogens (tertiary/aromatic N) is 6. The number of hydrogen-bond acceptors (Lipinski definition) is 6. The van der Waals surface area contributed by atoms with Gasteiger partial charge in [0.15, 0.2) is 0 Å². The van der Waals surface area contributed by atoms with Crippen LogP contribution in [0, 0.1) is 0 Å². The Kier molecular flexibility index (Phi) is 5.94. The Bertz CT molecular complexity index is 1330. The highest BCUT2D eigenvalue weighted by Crippen LogP contribution is 2.30. The monoisotopic (exact) mass is 452 g/mol. The summed E-state index contributed by atoms with van der Waals surface area (Å²) < 4.78 is 0. The zero-order valence-corrected chi connectivity index (χ0v) is 19.8. The van der Waals surface area contributed by atoms with Crippen molar-refractivity contribution >= 4 is 22.6 Å². The maximum atomic E-state index is 13.1. The number of hydrogen-bond donors (Lipinski definition) is 0. The van der Waals surface area contributed by atoms with Gasteiger partial charge < -0.3 is 14.7 Å². The molecule has 0 spiro atoms. The van der Waals surface area contributed by atoms with Crippen molar-refractivity contribution in [3.63, 3.8) is 0 Å². The molecule has 0 radical (unpaired) electrons. The third-order valence-corrected chi connectivity index (χ3v) is 6.35. The number of aromatic nitrogens is 3. The van der Waals surface area contributed by atoms with Crippen molar-refractivity contribution in [1.82, 2.24) is 24.8 Å². The molecule has 7 heteroatoms. The summed E-state index contributed by atoms with van der Waals surface area (Å²) in [7, 11) is 6.04. The summed E-state index contributed by atoms with van der Waals surface area (Å²) in [5.74, 6) is 0.983. The molecule has 1 aliphatic heterocycles. The van der Waals surface area contributed by atoms with Crippen LogP contribution in [0.2, 0.25) is 0 Å². The van der Waals surface area contributed by atoms with Crippen LogP contribution in [0.25, 0.3) is 33.3 Å². The van der Waals surface area contributed by atoms with Crippen molar-refractivity contribution in [3.05, 3.63) is 72.7 Å². The standard InChI is InChI=1S/C27H28N6O/c1-31(2)25-10-8-22(17-28-25)19-7-9-24-23(16-19)26(30-18-29-24)20-5-4-6-21(15-20)27(34)33-13-11-32(3)12-14-33/h4-10,15-18H,11-14H2,1-3H3. The van der Waals surface area contributed by atoms with Crippen LogP contribution in [0.15, 0.2) is 67.1 Å². The first-order valence-corrected chi connectivity index (χ1v) is 11.5. The van der Waals surface area contributed by atoms with E-state index in [1.54, 1.807) is 6.33 Å². The Hall–Kier alpha value is -3.84. The largest absolute Gasteiger partial charge is 0.363 e. The summed E-state index contributed by atoms with van der Waals surface area (Å²) in [6.45, 7) is 3.30. The van der Waals surface area contributed by atoms with Gasteiger partial charge in [-0.05, 0) is 49.0 Å². The Morgan fingerprint density at radius 3 is 2.38 bits per heavy atom.